The number of methoxy groups -OCH3 is 1. The monoisotopic (exact) mass is 401 g/mol. The number of phenols is 1. The molecule has 0 aliphatic rings. The molecule has 0 fully saturated rings. The van der Waals surface area contributed by atoms with Crippen molar-refractivity contribution in [2.24, 2.45) is 0 Å². The first-order valence-electron chi connectivity index (χ1n) is 9.24. The molecule has 4 aromatic rings. The number of benzene rings is 4. The van der Waals surface area contributed by atoms with Crippen molar-refractivity contribution in [3.63, 3.8) is 0 Å². The smallest absolute Gasteiger partial charge is 0.174 e. The summed E-state index contributed by atoms with van der Waals surface area (Å²) in [5.74, 6) is 2.14. The van der Waals surface area contributed by atoms with Gasteiger partial charge in [0.2, 0.25) is 0 Å². The molecular formula is C25H21O3S+. The van der Waals surface area contributed by atoms with E-state index in [-0.39, 0.29) is 16.6 Å². The average molecular weight is 402 g/mol. The SMILES string of the molecule is COc1ccc([S+](c2ccccc2)c2ccccc2)cc1Oc1ccc(O)cc1. The molecule has 0 saturated heterocycles. The number of rotatable bonds is 6. The predicted molar refractivity (Wildman–Crippen MR) is 116 cm³/mol. The molecule has 0 amide bonds. The van der Waals surface area contributed by atoms with Gasteiger partial charge in [0.05, 0.1) is 18.0 Å². The molecule has 4 rings (SSSR count). The van der Waals surface area contributed by atoms with Crippen molar-refractivity contribution in [2.45, 2.75) is 14.7 Å². The summed E-state index contributed by atoms with van der Waals surface area (Å²) in [5.41, 5.74) is 0. The summed E-state index contributed by atoms with van der Waals surface area (Å²) in [6.45, 7) is 0. The van der Waals surface area contributed by atoms with Crippen LogP contribution in [0, 0.1) is 0 Å². The Morgan fingerprint density at radius 3 is 1.76 bits per heavy atom. The lowest BCUT2D eigenvalue weighted by atomic mass is 10.3. The standard InChI is InChI=1S/C25H20O3S/c1-27-24-17-16-23(18-25(24)28-20-14-12-19(26)13-15-20)29(21-8-4-2-5-9-21)22-10-6-3-7-11-22/h2-18H,1H3/p+1. The average Bonchev–Trinajstić information content (AvgIpc) is 2.77. The summed E-state index contributed by atoms with van der Waals surface area (Å²) < 4.78 is 11.6. The van der Waals surface area contributed by atoms with Crippen molar-refractivity contribution in [2.75, 3.05) is 7.11 Å². The quantitative estimate of drug-likeness (QED) is 0.386. The second-order valence-electron chi connectivity index (χ2n) is 6.34. The van der Waals surface area contributed by atoms with Gasteiger partial charge in [-0.1, -0.05) is 36.4 Å². The largest absolute Gasteiger partial charge is 0.508 e. The van der Waals surface area contributed by atoms with Crippen molar-refractivity contribution < 1.29 is 14.6 Å². The number of phenolic OH excluding ortho intramolecular Hbond substituents is 1. The molecule has 1 N–H and O–H groups in total. The van der Waals surface area contributed by atoms with Crippen LogP contribution < -0.4 is 9.47 Å². The van der Waals surface area contributed by atoms with Crippen LogP contribution in [0.4, 0.5) is 0 Å². The first-order chi connectivity index (χ1) is 14.2. The zero-order valence-electron chi connectivity index (χ0n) is 16.0. The maximum absolute atomic E-state index is 9.51. The van der Waals surface area contributed by atoms with Crippen LogP contribution in [0.2, 0.25) is 0 Å². The van der Waals surface area contributed by atoms with E-state index in [9.17, 15) is 5.11 Å². The topological polar surface area (TPSA) is 38.7 Å². The molecule has 29 heavy (non-hydrogen) atoms. The fourth-order valence-electron chi connectivity index (χ4n) is 3.03. The van der Waals surface area contributed by atoms with Gasteiger partial charge in [0.15, 0.2) is 26.2 Å². The second kappa shape index (κ2) is 8.76. The van der Waals surface area contributed by atoms with Gasteiger partial charge in [0, 0.05) is 6.07 Å². The minimum Gasteiger partial charge on any atom is -0.508 e. The first kappa shape index (κ1) is 19.0. The Morgan fingerprint density at radius 2 is 1.21 bits per heavy atom. The molecule has 0 unspecified atom stereocenters. The molecule has 0 saturated carbocycles. The molecule has 0 heterocycles. The molecule has 4 heteroatoms. The molecule has 4 aromatic carbocycles. The highest BCUT2D eigenvalue weighted by atomic mass is 32.2. The maximum atomic E-state index is 9.51. The lowest BCUT2D eigenvalue weighted by molar-refractivity contribution is 0.377. The Balaban J connectivity index is 1.78. The minimum atomic E-state index is -0.272. The highest BCUT2D eigenvalue weighted by Crippen LogP contribution is 2.38. The molecule has 0 atom stereocenters. The van der Waals surface area contributed by atoms with Gasteiger partial charge in [-0.05, 0) is 60.7 Å². The maximum Gasteiger partial charge on any atom is 0.174 e. The van der Waals surface area contributed by atoms with Crippen molar-refractivity contribution in [3.05, 3.63) is 103 Å². The Hall–Kier alpha value is -3.37. The molecule has 0 aromatic heterocycles. The van der Waals surface area contributed by atoms with Crippen LogP contribution in [0.3, 0.4) is 0 Å². The zero-order valence-corrected chi connectivity index (χ0v) is 16.8. The van der Waals surface area contributed by atoms with Crippen LogP contribution in [0.5, 0.6) is 23.0 Å². The molecule has 0 radical (unpaired) electrons. The number of hydrogen-bond acceptors (Lipinski definition) is 3. The van der Waals surface area contributed by atoms with E-state index in [1.165, 1.54) is 9.79 Å². The van der Waals surface area contributed by atoms with E-state index >= 15 is 0 Å². The van der Waals surface area contributed by atoms with Crippen molar-refractivity contribution >= 4 is 10.9 Å². The van der Waals surface area contributed by atoms with Gasteiger partial charge < -0.3 is 14.6 Å². The molecule has 3 nitrogen and oxygen atoms in total. The zero-order chi connectivity index (χ0) is 20.1. The lowest BCUT2D eigenvalue weighted by Gasteiger charge is -2.13. The van der Waals surface area contributed by atoms with Gasteiger partial charge in [-0.2, -0.15) is 0 Å². The summed E-state index contributed by atoms with van der Waals surface area (Å²) in [4.78, 5) is 3.61. The summed E-state index contributed by atoms with van der Waals surface area (Å²) in [7, 11) is 1.36. The van der Waals surface area contributed by atoms with Crippen LogP contribution >= 0.6 is 0 Å². The van der Waals surface area contributed by atoms with E-state index in [4.69, 9.17) is 9.47 Å². The minimum absolute atomic E-state index is 0.202. The van der Waals surface area contributed by atoms with E-state index in [1.54, 1.807) is 31.4 Å². The third-order valence-electron chi connectivity index (χ3n) is 4.39. The summed E-state index contributed by atoms with van der Waals surface area (Å²) >= 11 is 0. The Morgan fingerprint density at radius 1 is 0.621 bits per heavy atom. The molecule has 0 aliphatic heterocycles. The van der Waals surface area contributed by atoms with Gasteiger partial charge in [-0.3, -0.25) is 0 Å². The Labute approximate surface area is 173 Å². The van der Waals surface area contributed by atoms with Gasteiger partial charge in [0.1, 0.15) is 11.5 Å². The van der Waals surface area contributed by atoms with E-state index in [0.717, 1.165) is 4.90 Å². The van der Waals surface area contributed by atoms with E-state index in [2.05, 4.69) is 54.6 Å². The number of aromatic hydroxyl groups is 1. The van der Waals surface area contributed by atoms with Crippen molar-refractivity contribution in [1.29, 1.82) is 0 Å². The van der Waals surface area contributed by atoms with Crippen molar-refractivity contribution in [3.8, 4) is 23.0 Å². The predicted octanol–water partition coefficient (Wildman–Crippen LogP) is 6.29. The van der Waals surface area contributed by atoms with Crippen LogP contribution in [0.25, 0.3) is 0 Å². The normalized spacial score (nSPS) is 10.7. The van der Waals surface area contributed by atoms with E-state index in [1.807, 2.05) is 24.3 Å². The summed E-state index contributed by atoms with van der Waals surface area (Å²) in [6.07, 6.45) is 0. The van der Waals surface area contributed by atoms with Crippen LogP contribution in [0.15, 0.2) is 118 Å². The molecule has 144 valence electrons. The second-order valence-corrected chi connectivity index (χ2v) is 8.37. The molecular weight excluding hydrogens is 380 g/mol. The van der Waals surface area contributed by atoms with Crippen LogP contribution in [0.1, 0.15) is 0 Å². The molecule has 0 aliphatic carbocycles. The van der Waals surface area contributed by atoms with Crippen molar-refractivity contribution in [1.82, 2.24) is 0 Å². The number of ether oxygens (including phenoxy) is 2. The Kier molecular flexibility index (Phi) is 5.73. The summed E-state index contributed by atoms with van der Waals surface area (Å²) in [5, 5.41) is 9.51. The third-order valence-corrected chi connectivity index (χ3v) is 6.61. The summed E-state index contributed by atoms with van der Waals surface area (Å²) in [6, 6.07) is 33.7. The first-order valence-corrected chi connectivity index (χ1v) is 10.5. The fraction of sp³-hybridized carbons (Fsp3) is 0.0400. The van der Waals surface area contributed by atoms with Crippen LogP contribution in [-0.4, -0.2) is 12.2 Å². The molecule has 0 bridgehead atoms. The van der Waals surface area contributed by atoms with Crippen LogP contribution in [-0.2, 0) is 10.9 Å². The van der Waals surface area contributed by atoms with E-state index in [0.29, 0.717) is 17.2 Å². The lowest BCUT2D eigenvalue weighted by Crippen LogP contribution is -2.05. The number of hydrogen-bond donors (Lipinski definition) is 1. The van der Waals surface area contributed by atoms with Gasteiger partial charge in [-0.25, -0.2) is 0 Å². The Bertz CT molecular complexity index is 1020. The van der Waals surface area contributed by atoms with Gasteiger partial charge >= 0.3 is 0 Å². The highest BCUT2D eigenvalue weighted by Gasteiger charge is 2.29. The van der Waals surface area contributed by atoms with E-state index < -0.39 is 0 Å². The highest BCUT2D eigenvalue weighted by molar-refractivity contribution is 7.97. The molecule has 0 spiro atoms. The van der Waals surface area contributed by atoms with Gasteiger partial charge in [0.25, 0.3) is 0 Å². The third kappa shape index (κ3) is 4.39. The fourth-order valence-corrected chi connectivity index (χ4v) is 5.13. The van der Waals surface area contributed by atoms with Gasteiger partial charge in [-0.15, -0.1) is 0 Å².